The summed E-state index contributed by atoms with van der Waals surface area (Å²) in [5.74, 6) is -0.413. The van der Waals surface area contributed by atoms with Gasteiger partial charge in [-0.25, -0.2) is 0 Å². The molecule has 0 aromatic heterocycles. The summed E-state index contributed by atoms with van der Waals surface area (Å²) in [5.41, 5.74) is 0.230. The van der Waals surface area contributed by atoms with E-state index in [0.29, 0.717) is 5.02 Å². The Hall–Kier alpha value is -0.930. The molecule has 3 nitrogen and oxygen atoms in total. The molecular weight excluding hydrogens is 273 g/mol. The number of carbonyl (C=O) groups excluding carboxylic acids is 1. The summed E-state index contributed by atoms with van der Waals surface area (Å²) in [5, 5.41) is 12.9. The van der Waals surface area contributed by atoms with E-state index in [2.05, 4.69) is 5.32 Å². The molecule has 2 unspecified atom stereocenters. The largest absolute Gasteiger partial charge is 0.507 e. The first-order chi connectivity index (χ1) is 8.58. The third-order valence-corrected chi connectivity index (χ3v) is 3.96. The molecule has 2 rings (SSSR count). The van der Waals surface area contributed by atoms with Gasteiger partial charge in [0, 0.05) is 11.1 Å². The molecule has 2 N–H and O–H groups in total. The summed E-state index contributed by atoms with van der Waals surface area (Å²) < 4.78 is 0. The van der Waals surface area contributed by atoms with Crippen molar-refractivity contribution in [3.63, 3.8) is 0 Å². The van der Waals surface area contributed by atoms with Gasteiger partial charge in [-0.2, -0.15) is 0 Å². The maximum Gasteiger partial charge on any atom is 0.255 e. The lowest BCUT2D eigenvalue weighted by Gasteiger charge is -2.27. The molecule has 98 valence electrons. The summed E-state index contributed by atoms with van der Waals surface area (Å²) in [6.07, 6.45) is 3.97. The molecule has 1 aromatic rings. The monoisotopic (exact) mass is 287 g/mol. The number of alkyl halides is 1. The van der Waals surface area contributed by atoms with Crippen molar-refractivity contribution >= 4 is 29.1 Å². The summed E-state index contributed by atoms with van der Waals surface area (Å²) >= 11 is 11.9. The Balaban J connectivity index is 2.07. The highest BCUT2D eigenvalue weighted by atomic mass is 35.5. The molecule has 2 atom stereocenters. The molecule has 0 aliphatic heterocycles. The Labute approximate surface area is 116 Å². The third-order valence-electron chi connectivity index (χ3n) is 3.20. The zero-order valence-corrected chi connectivity index (χ0v) is 11.3. The number of rotatable bonds is 2. The molecule has 1 fully saturated rings. The molecule has 5 heteroatoms. The first-order valence-electron chi connectivity index (χ1n) is 6.01. The fraction of sp³-hybridized carbons (Fsp3) is 0.462. The van der Waals surface area contributed by atoms with Crippen LogP contribution < -0.4 is 5.32 Å². The fourth-order valence-corrected chi connectivity index (χ4v) is 2.70. The number of aromatic hydroxyl groups is 1. The minimum Gasteiger partial charge on any atom is -0.507 e. The van der Waals surface area contributed by atoms with Crippen molar-refractivity contribution in [2.75, 3.05) is 0 Å². The number of hydrogen-bond donors (Lipinski definition) is 2. The molecule has 1 aromatic carbocycles. The van der Waals surface area contributed by atoms with Crippen molar-refractivity contribution in [2.45, 2.75) is 37.1 Å². The first kappa shape index (κ1) is 13.5. The number of carbonyl (C=O) groups is 1. The van der Waals surface area contributed by atoms with Crippen LogP contribution in [0, 0.1) is 0 Å². The zero-order valence-electron chi connectivity index (χ0n) is 9.83. The minimum atomic E-state index is -0.304. The van der Waals surface area contributed by atoms with Gasteiger partial charge in [0.05, 0.1) is 10.9 Å². The number of hydrogen-bond acceptors (Lipinski definition) is 2. The van der Waals surface area contributed by atoms with Crippen molar-refractivity contribution in [1.82, 2.24) is 5.32 Å². The van der Waals surface area contributed by atoms with E-state index in [1.165, 1.54) is 12.1 Å². The van der Waals surface area contributed by atoms with Crippen LogP contribution in [0.1, 0.15) is 36.0 Å². The number of nitrogens with one attached hydrogen (secondary N) is 1. The molecule has 0 saturated heterocycles. The van der Waals surface area contributed by atoms with Gasteiger partial charge in [0.1, 0.15) is 5.75 Å². The molecule has 1 aliphatic rings. The van der Waals surface area contributed by atoms with Crippen LogP contribution in [0.2, 0.25) is 5.02 Å². The molecule has 0 radical (unpaired) electrons. The summed E-state index contributed by atoms with van der Waals surface area (Å²) in [7, 11) is 0. The van der Waals surface area contributed by atoms with Crippen LogP contribution in [0.4, 0.5) is 0 Å². The number of benzene rings is 1. The second-order valence-electron chi connectivity index (χ2n) is 4.54. The molecule has 1 amide bonds. The highest BCUT2D eigenvalue weighted by Gasteiger charge is 2.25. The fourth-order valence-electron chi connectivity index (χ4n) is 2.19. The van der Waals surface area contributed by atoms with E-state index in [4.69, 9.17) is 23.2 Å². The Kier molecular flexibility index (Phi) is 4.36. The third kappa shape index (κ3) is 3.09. The predicted octanol–water partition coefficient (Wildman–Crippen LogP) is 3.33. The van der Waals surface area contributed by atoms with Crippen LogP contribution in [0.15, 0.2) is 18.2 Å². The van der Waals surface area contributed by atoms with E-state index in [1.807, 2.05) is 0 Å². The van der Waals surface area contributed by atoms with E-state index in [9.17, 15) is 9.90 Å². The first-order valence-corrected chi connectivity index (χ1v) is 6.83. The van der Waals surface area contributed by atoms with Crippen molar-refractivity contribution in [3.05, 3.63) is 28.8 Å². The van der Waals surface area contributed by atoms with E-state index in [0.717, 1.165) is 25.7 Å². The Morgan fingerprint density at radius 3 is 2.72 bits per heavy atom. The van der Waals surface area contributed by atoms with Gasteiger partial charge in [0.2, 0.25) is 0 Å². The molecule has 18 heavy (non-hydrogen) atoms. The van der Waals surface area contributed by atoms with Gasteiger partial charge in [0.15, 0.2) is 0 Å². The van der Waals surface area contributed by atoms with Gasteiger partial charge in [-0.3, -0.25) is 4.79 Å². The van der Waals surface area contributed by atoms with Crippen LogP contribution in [0.25, 0.3) is 0 Å². The molecular formula is C13H15Cl2NO2. The van der Waals surface area contributed by atoms with E-state index < -0.39 is 0 Å². The normalized spacial score (nSPS) is 23.7. The van der Waals surface area contributed by atoms with Crippen LogP contribution >= 0.6 is 23.2 Å². The SMILES string of the molecule is O=C(NC1CCCCC1Cl)c1ccc(Cl)cc1O. The van der Waals surface area contributed by atoms with Crippen LogP contribution in [0.5, 0.6) is 5.75 Å². The van der Waals surface area contributed by atoms with E-state index in [-0.39, 0.29) is 28.6 Å². The zero-order chi connectivity index (χ0) is 13.1. The second kappa shape index (κ2) is 5.81. The minimum absolute atomic E-state index is 0.0250. The van der Waals surface area contributed by atoms with Gasteiger partial charge in [-0.05, 0) is 31.0 Å². The van der Waals surface area contributed by atoms with Crippen LogP contribution in [-0.2, 0) is 0 Å². The van der Waals surface area contributed by atoms with Crippen molar-refractivity contribution in [3.8, 4) is 5.75 Å². The lowest BCUT2D eigenvalue weighted by atomic mass is 9.94. The Morgan fingerprint density at radius 1 is 1.33 bits per heavy atom. The lowest BCUT2D eigenvalue weighted by Crippen LogP contribution is -2.42. The molecule has 1 aliphatic carbocycles. The van der Waals surface area contributed by atoms with Gasteiger partial charge in [-0.15, -0.1) is 11.6 Å². The number of phenols is 1. The number of amides is 1. The maximum absolute atomic E-state index is 12.0. The Bertz CT molecular complexity index is 451. The lowest BCUT2D eigenvalue weighted by molar-refractivity contribution is 0.0926. The topological polar surface area (TPSA) is 49.3 Å². The van der Waals surface area contributed by atoms with Gasteiger partial charge in [0.25, 0.3) is 5.91 Å². The van der Waals surface area contributed by atoms with Crippen molar-refractivity contribution in [2.24, 2.45) is 0 Å². The highest BCUT2D eigenvalue weighted by Crippen LogP contribution is 2.25. The standard InChI is InChI=1S/C13H15Cl2NO2/c14-8-5-6-9(12(17)7-8)13(18)16-11-4-2-1-3-10(11)15/h5-7,10-11,17H,1-4H2,(H,16,18). The van der Waals surface area contributed by atoms with Crippen LogP contribution in [-0.4, -0.2) is 22.4 Å². The molecule has 0 bridgehead atoms. The molecule has 0 spiro atoms. The van der Waals surface area contributed by atoms with E-state index >= 15 is 0 Å². The highest BCUT2D eigenvalue weighted by molar-refractivity contribution is 6.30. The summed E-state index contributed by atoms with van der Waals surface area (Å²) in [6, 6.07) is 4.42. The Morgan fingerprint density at radius 2 is 2.06 bits per heavy atom. The van der Waals surface area contributed by atoms with Crippen LogP contribution in [0.3, 0.4) is 0 Å². The van der Waals surface area contributed by atoms with Crippen molar-refractivity contribution < 1.29 is 9.90 Å². The second-order valence-corrected chi connectivity index (χ2v) is 5.54. The number of halogens is 2. The molecule has 1 saturated carbocycles. The smallest absolute Gasteiger partial charge is 0.255 e. The van der Waals surface area contributed by atoms with Gasteiger partial charge < -0.3 is 10.4 Å². The average Bonchev–Trinajstić information content (AvgIpc) is 2.32. The van der Waals surface area contributed by atoms with Gasteiger partial charge >= 0.3 is 0 Å². The molecule has 0 heterocycles. The maximum atomic E-state index is 12.0. The summed E-state index contributed by atoms with van der Waals surface area (Å²) in [6.45, 7) is 0. The number of phenolic OH excluding ortho intramolecular Hbond substituents is 1. The van der Waals surface area contributed by atoms with Gasteiger partial charge in [-0.1, -0.05) is 24.4 Å². The average molecular weight is 288 g/mol. The summed E-state index contributed by atoms with van der Waals surface area (Å²) in [4.78, 5) is 12.0. The van der Waals surface area contributed by atoms with E-state index in [1.54, 1.807) is 6.07 Å². The predicted molar refractivity (Wildman–Crippen MR) is 72.5 cm³/mol. The van der Waals surface area contributed by atoms with Crippen molar-refractivity contribution in [1.29, 1.82) is 0 Å². The quantitative estimate of drug-likeness (QED) is 0.820.